The molecule has 0 aliphatic rings. The van der Waals surface area contributed by atoms with E-state index in [1.807, 2.05) is 19.9 Å². The lowest BCUT2D eigenvalue weighted by atomic mass is 10.1. The second kappa shape index (κ2) is 8.09. The Bertz CT molecular complexity index is 1380. The Morgan fingerprint density at radius 2 is 1.68 bits per heavy atom. The number of fused-ring (bicyclic) bond motifs is 1. The molecule has 0 spiro atoms. The summed E-state index contributed by atoms with van der Waals surface area (Å²) >= 11 is 1.40. The van der Waals surface area contributed by atoms with Gasteiger partial charge in [0.05, 0.1) is 15.1 Å². The highest BCUT2D eigenvalue weighted by molar-refractivity contribution is 7.92. The second-order valence-electron chi connectivity index (χ2n) is 7.04. The van der Waals surface area contributed by atoms with E-state index in [-0.39, 0.29) is 16.5 Å². The van der Waals surface area contributed by atoms with Crippen LogP contribution in [0, 0.1) is 19.7 Å². The van der Waals surface area contributed by atoms with Crippen LogP contribution in [0.4, 0.5) is 15.2 Å². The average Bonchev–Trinajstić information content (AvgIpc) is 3.11. The van der Waals surface area contributed by atoms with Crippen molar-refractivity contribution in [1.29, 1.82) is 0 Å². The molecular formula is C22H18FN3O3S2. The summed E-state index contributed by atoms with van der Waals surface area (Å²) in [4.78, 5) is 17.0. The quantitative estimate of drug-likeness (QED) is 0.438. The van der Waals surface area contributed by atoms with Crippen LogP contribution in [-0.4, -0.2) is 19.3 Å². The molecule has 0 saturated heterocycles. The zero-order valence-electron chi connectivity index (χ0n) is 16.6. The van der Waals surface area contributed by atoms with Crippen molar-refractivity contribution < 1.29 is 17.6 Å². The lowest BCUT2D eigenvalue weighted by Gasteiger charge is -2.09. The highest BCUT2D eigenvalue weighted by Crippen LogP contribution is 2.30. The van der Waals surface area contributed by atoms with Gasteiger partial charge in [-0.05, 0) is 79.6 Å². The molecule has 9 heteroatoms. The summed E-state index contributed by atoms with van der Waals surface area (Å²) in [6.45, 7) is 4.00. The zero-order chi connectivity index (χ0) is 22.2. The number of rotatable bonds is 5. The van der Waals surface area contributed by atoms with E-state index in [4.69, 9.17) is 0 Å². The van der Waals surface area contributed by atoms with E-state index < -0.39 is 15.8 Å². The van der Waals surface area contributed by atoms with Crippen molar-refractivity contribution in [2.75, 3.05) is 10.0 Å². The third-order valence-electron chi connectivity index (χ3n) is 4.56. The molecule has 2 N–H and O–H groups in total. The summed E-state index contributed by atoms with van der Waals surface area (Å²) in [5.74, 6) is -0.867. The largest absolute Gasteiger partial charge is 0.298 e. The van der Waals surface area contributed by atoms with Crippen molar-refractivity contribution in [3.8, 4) is 0 Å². The molecule has 158 valence electrons. The van der Waals surface area contributed by atoms with Gasteiger partial charge in [0.1, 0.15) is 5.82 Å². The minimum atomic E-state index is -3.86. The number of benzene rings is 3. The number of nitrogens with one attached hydrogen (secondary N) is 2. The molecule has 6 nitrogen and oxygen atoms in total. The smallest absolute Gasteiger partial charge is 0.261 e. The van der Waals surface area contributed by atoms with Gasteiger partial charge in [-0.2, -0.15) is 0 Å². The summed E-state index contributed by atoms with van der Waals surface area (Å²) in [5.41, 5.74) is 3.69. The molecule has 3 aromatic carbocycles. The van der Waals surface area contributed by atoms with Gasteiger partial charge in [0.15, 0.2) is 5.13 Å². The van der Waals surface area contributed by atoms with E-state index in [0.717, 1.165) is 33.5 Å². The van der Waals surface area contributed by atoms with Crippen LogP contribution in [-0.2, 0) is 10.0 Å². The third kappa shape index (κ3) is 4.57. The van der Waals surface area contributed by atoms with Crippen molar-refractivity contribution in [3.05, 3.63) is 83.2 Å². The first-order valence-electron chi connectivity index (χ1n) is 9.29. The van der Waals surface area contributed by atoms with Gasteiger partial charge in [0, 0.05) is 11.3 Å². The normalized spacial score (nSPS) is 11.5. The van der Waals surface area contributed by atoms with Crippen molar-refractivity contribution >= 4 is 48.3 Å². The summed E-state index contributed by atoms with van der Waals surface area (Å²) in [6.07, 6.45) is 0. The van der Waals surface area contributed by atoms with E-state index in [1.54, 1.807) is 0 Å². The van der Waals surface area contributed by atoms with Crippen molar-refractivity contribution in [2.45, 2.75) is 18.7 Å². The molecule has 4 aromatic rings. The number of carbonyl (C=O) groups is 1. The maximum Gasteiger partial charge on any atom is 0.261 e. The van der Waals surface area contributed by atoms with Gasteiger partial charge >= 0.3 is 0 Å². The number of halogens is 1. The minimum absolute atomic E-state index is 0.0583. The topological polar surface area (TPSA) is 88.2 Å². The average molecular weight is 456 g/mol. The first-order valence-corrected chi connectivity index (χ1v) is 11.6. The van der Waals surface area contributed by atoms with Crippen LogP contribution < -0.4 is 10.0 Å². The monoisotopic (exact) mass is 455 g/mol. The molecule has 1 heterocycles. The van der Waals surface area contributed by atoms with E-state index in [0.29, 0.717) is 10.7 Å². The number of aryl methyl sites for hydroxylation is 2. The lowest BCUT2D eigenvalue weighted by Crippen LogP contribution is -2.14. The number of sulfonamides is 1. The van der Waals surface area contributed by atoms with Gasteiger partial charge in [-0.1, -0.05) is 17.4 Å². The van der Waals surface area contributed by atoms with Crippen LogP contribution in [0.3, 0.4) is 0 Å². The minimum Gasteiger partial charge on any atom is -0.298 e. The molecule has 0 saturated carbocycles. The molecule has 0 fully saturated rings. The number of hydrogen-bond donors (Lipinski definition) is 2. The second-order valence-corrected chi connectivity index (χ2v) is 9.72. The van der Waals surface area contributed by atoms with Crippen LogP contribution in [0.25, 0.3) is 10.2 Å². The first kappa shape index (κ1) is 21.0. The van der Waals surface area contributed by atoms with Crippen LogP contribution >= 0.6 is 11.3 Å². The molecule has 0 atom stereocenters. The Balaban J connectivity index is 1.48. The van der Waals surface area contributed by atoms with Crippen molar-refractivity contribution in [2.24, 2.45) is 0 Å². The predicted octanol–water partition coefficient (Wildman–Crippen LogP) is 5.11. The maximum absolute atomic E-state index is 13.0. The number of thiazole rings is 1. The van der Waals surface area contributed by atoms with Crippen LogP contribution in [0.15, 0.2) is 65.6 Å². The van der Waals surface area contributed by atoms with Crippen LogP contribution in [0.5, 0.6) is 0 Å². The SMILES string of the molecule is Cc1cc(C)c2sc(NC(=O)c3ccc(NS(=O)(=O)c4ccc(F)cc4)cc3)nc2c1. The highest BCUT2D eigenvalue weighted by atomic mass is 32.2. The molecule has 4 rings (SSSR count). The molecule has 0 aliphatic carbocycles. The third-order valence-corrected chi connectivity index (χ3v) is 7.08. The standard InChI is InChI=1S/C22H18FN3O3S2/c1-13-11-14(2)20-19(12-13)24-22(30-20)25-21(27)15-3-7-17(8-4-15)26-31(28,29)18-9-5-16(23)6-10-18/h3-12,26H,1-2H3,(H,24,25,27). The fourth-order valence-electron chi connectivity index (χ4n) is 3.12. The van der Waals surface area contributed by atoms with Crippen LogP contribution in [0.2, 0.25) is 0 Å². The molecule has 31 heavy (non-hydrogen) atoms. The molecule has 0 bridgehead atoms. The number of carbonyl (C=O) groups excluding carboxylic acids is 1. The molecular weight excluding hydrogens is 437 g/mol. The fraction of sp³-hybridized carbons (Fsp3) is 0.0909. The Labute approximate surface area is 182 Å². The van der Waals surface area contributed by atoms with Gasteiger partial charge in [-0.15, -0.1) is 0 Å². The number of anilines is 2. The Morgan fingerprint density at radius 3 is 2.35 bits per heavy atom. The number of nitrogens with zero attached hydrogens (tertiary/aromatic N) is 1. The molecule has 1 amide bonds. The summed E-state index contributed by atoms with van der Waals surface area (Å²) in [6, 6.07) is 14.6. The number of hydrogen-bond acceptors (Lipinski definition) is 5. The van der Waals surface area contributed by atoms with Crippen molar-refractivity contribution in [1.82, 2.24) is 4.98 Å². The van der Waals surface area contributed by atoms with E-state index in [9.17, 15) is 17.6 Å². The van der Waals surface area contributed by atoms with Crippen LogP contribution in [0.1, 0.15) is 21.5 Å². The van der Waals surface area contributed by atoms with E-state index in [2.05, 4.69) is 21.1 Å². The van der Waals surface area contributed by atoms with Gasteiger partial charge in [-0.25, -0.2) is 17.8 Å². The van der Waals surface area contributed by atoms with Gasteiger partial charge in [-0.3, -0.25) is 14.8 Å². The van der Waals surface area contributed by atoms with Gasteiger partial charge in [0.25, 0.3) is 15.9 Å². The van der Waals surface area contributed by atoms with Gasteiger partial charge < -0.3 is 0 Å². The summed E-state index contributed by atoms with van der Waals surface area (Å²) < 4.78 is 41.2. The van der Waals surface area contributed by atoms with E-state index in [1.165, 1.54) is 47.7 Å². The summed E-state index contributed by atoms with van der Waals surface area (Å²) in [5, 5.41) is 3.28. The Hall–Kier alpha value is -3.30. The zero-order valence-corrected chi connectivity index (χ0v) is 18.3. The predicted molar refractivity (Wildman–Crippen MR) is 121 cm³/mol. The van der Waals surface area contributed by atoms with Crippen molar-refractivity contribution in [3.63, 3.8) is 0 Å². The maximum atomic E-state index is 13.0. The molecule has 1 aromatic heterocycles. The molecule has 0 radical (unpaired) electrons. The Morgan fingerprint density at radius 1 is 1.00 bits per heavy atom. The lowest BCUT2D eigenvalue weighted by molar-refractivity contribution is 0.102. The first-order chi connectivity index (χ1) is 14.7. The number of aromatic nitrogens is 1. The highest BCUT2D eigenvalue weighted by Gasteiger charge is 2.15. The number of amides is 1. The molecule has 0 aliphatic heterocycles. The summed E-state index contributed by atoms with van der Waals surface area (Å²) in [7, 11) is -3.86. The van der Waals surface area contributed by atoms with Gasteiger partial charge in [0.2, 0.25) is 0 Å². The van der Waals surface area contributed by atoms with E-state index >= 15 is 0 Å². The fourth-order valence-corrected chi connectivity index (χ4v) is 5.09. The Kier molecular flexibility index (Phi) is 5.47. The molecule has 0 unspecified atom stereocenters.